The predicted molar refractivity (Wildman–Crippen MR) is 52.3 cm³/mol. The first-order chi connectivity index (χ1) is 7.74. The molecule has 16 heavy (non-hydrogen) atoms. The molecule has 2 aliphatic rings. The number of nitrogens with one attached hydrogen (secondary N) is 1. The average Bonchev–Trinajstić information content (AvgIpc) is 2.78. The SMILES string of the molecule is C[C@@H]1CO[C@@]2(COC=O)[C@H](OC=O)NC[C@@H]12. The van der Waals surface area contributed by atoms with Crippen molar-refractivity contribution >= 4 is 12.9 Å². The van der Waals surface area contributed by atoms with Crippen LogP contribution < -0.4 is 5.32 Å². The van der Waals surface area contributed by atoms with Gasteiger partial charge in [-0.15, -0.1) is 0 Å². The summed E-state index contributed by atoms with van der Waals surface area (Å²) in [5.74, 6) is 0.542. The van der Waals surface area contributed by atoms with Gasteiger partial charge in [0.2, 0.25) is 0 Å². The Kier molecular flexibility index (Phi) is 3.11. The van der Waals surface area contributed by atoms with Gasteiger partial charge in [0.25, 0.3) is 12.9 Å². The van der Waals surface area contributed by atoms with Crippen molar-refractivity contribution in [2.75, 3.05) is 19.8 Å². The first-order valence-corrected chi connectivity index (χ1v) is 5.26. The molecule has 0 unspecified atom stereocenters. The van der Waals surface area contributed by atoms with Crippen molar-refractivity contribution in [3.8, 4) is 0 Å². The Balaban J connectivity index is 2.17. The third-order valence-electron chi connectivity index (χ3n) is 3.47. The third-order valence-corrected chi connectivity index (χ3v) is 3.47. The zero-order chi connectivity index (χ0) is 11.6. The van der Waals surface area contributed by atoms with E-state index in [1.807, 2.05) is 0 Å². The Bertz CT molecular complexity index is 284. The van der Waals surface area contributed by atoms with Gasteiger partial charge >= 0.3 is 0 Å². The van der Waals surface area contributed by atoms with Crippen molar-refractivity contribution in [3.63, 3.8) is 0 Å². The third kappa shape index (κ3) is 1.58. The zero-order valence-electron chi connectivity index (χ0n) is 9.05. The molecule has 0 saturated carbocycles. The summed E-state index contributed by atoms with van der Waals surface area (Å²) < 4.78 is 15.5. The van der Waals surface area contributed by atoms with Crippen LogP contribution in [0.1, 0.15) is 6.92 Å². The van der Waals surface area contributed by atoms with E-state index in [4.69, 9.17) is 14.2 Å². The molecule has 0 bridgehead atoms. The summed E-state index contributed by atoms with van der Waals surface area (Å²) in [5, 5.41) is 3.07. The molecule has 6 heteroatoms. The van der Waals surface area contributed by atoms with E-state index >= 15 is 0 Å². The molecule has 4 atom stereocenters. The number of ether oxygens (including phenoxy) is 3. The Morgan fingerprint density at radius 3 is 3.00 bits per heavy atom. The molecule has 0 radical (unpaired) electrons. The largest absolute Gasteiger partial charge is 0.465 e. The molecule has 1 N–H and O–H groups in total. The first kappa shape index (κ1) is 11.3. The van der Waals surface area contributed by atoms with E-state index in [1.165, 1.54) is 0 Å². The number of hydrogen-bond donors (Lipinski definition) is 1. The van der Waals surface area contributed by atoms with Crippen molar-refractivity contribution in [2.45, 2.75) is 18.8 Å². The van der Waals surface area contributed by atoms with E-state index in [9.17, 15) is 9.59 Å². The number of fused-ring (bicyclic) bond motifs is 1. The highest BCUT2D eigenvalue weighted by atomic mass is 16.6. The molecule has 0 amide bonds. The van der Waals surface area contributed by atoms with Gasteiger partial charge in [-0.3, -0.25) is 14.9 Å². The topological polar surface area (TPSA) is 73.9 Å². The minimum Gasteiger partial charge on any atom is -0.465 e. The monoisotopic (exact) mass is 229 g/mol. The van der Waals surface area contributed by atoms with E-state index in [-0.39, 0.29) is 12.5 Å². The van der Waals surface area contributed by atoms with Gasteiger partial charge in [-0.25, -0.2) is 0 Å². The van der Waals surface area contributed by atoms with Crippen LogP contribution in [0.5, 0.6) is 0 Å². The van der Waals surface area contributed by atoms with E-state index in [0.29, 0.717) is 32.0 Å². The summed E-state index contributed by atoms with van der Waals surface area (Å²) in [6.45, 7) is 4.23. The van der Waals surface area contributed by atoms with E-state index in [2.05, 4.69) is 12.2 Å². The number of carbonyl (C=O) groups is 2. The Morgan fingerprint density at radius 1 is 1.50 bits per heavy atom. The van der Waals surface area contributed by atoms with Crippen molar-refractivity contribution in [3.05, 3.63) is 0 Å². The highest BCUT2D eigenvalue weighted by Crippen LogP contribution is 2.42. The van der Waals surface area contributed by atoms with Crippen molar-refractivity contribution in [1.29, 1.82) is 0 Å². The number of rotatable bonds is 5. The van der Waals surface area contributed by atoms with Crippen molar-refractivity contribution in [1.82, 2.24) is 5.32 Å². The molecule has 2 rings (SSSR count). The van der Waals surface area contributed by atoms with Crippen LogP contribution in [0.15, 0.2) is 0 Å². The normalized spacial score (nSPS) is 41.4. The molecule has 0 aromatic carbocycles. The highest BCUT2D eigenvalue weighted by molar-refractivity contribution is 5.39. The summed E-state index contributed by atoms with van der Waals surface area (Å²) in [6, 6.07) is 0. The summed E-state index contributed by atoms with van der Waals surface area (Å²) >= 11 is 0. The Morgan fingerprint density at radius 2 is 2.31 bits per heavy atom. The molecule has 6 nitrogen and oxygen atoms in total. The van der Waals surface area contributed by atoms with Crippen LogP contribution in [0.25, 0.3) is 0 Å². The standard InChI is InChI=1S/C10H15NO5/c1-7-3-16-10(4-14-5-12)8(7)2-11-9(10)15-6-13/h5-9,11H,2-4H2,1H3/t7-,8+,9+,10-/m1/s1. The van der Waals surface area contributed by atoms with Crippen LogP contribution in [-0.4, -0.2) is 44.5 Å². The molecule has 2 saturated heterocycles. The Labute approximate surface area is 93.2 Å². The smallest absolute Gasteiger partial charge is 0.294 e. The van der Waals surface area contributed by atoms with Crippen molar-refractivity contribution < 1.29 is 23.8 Å². The summed E-state index contributed by atoms with van der Waals surface area (Å²) in [4.78, 5) is 20.7. The molecule has 0 aromatic rings. The quantitative estimate of drug-likeness (QED) is 0.627. The lowest BCUT2D eigenvalue weighted by Crippen LogP contribution is -2.50. The molecule has 0 aromatic heterocycles. The highest BCUT2D eigenvalue weighted by Gasteiger charge is 2.59. The van der Waals surface area contributed by atoms with Crippen LogP contribution >= 0.6 is 0 Å². The second kappa shape index (κ2) is 4.39. The second-order valence-corrected chi connectivity index (χ2v) is 4.28. The summed E-state index contributed by atoms with van der Waals surface area (Å²) in [7, 11) is 0. The van der Waals surface area contributed by atoms with Crippen LogP contribution in [0.2, 0.25) is 0 Å². The second-order valence-electron chi connectivity index (χ2n) is 4.28. The minimum absolute atomic E-state index is 0.108. The average molecular weight is 229 g/mol. The lowest BCUT2D eigenvalue weighted by atomic mass is 9.84. The minimum atomic E-state index is -0.721. The molecular formula is C10H15NO5. The lowest BCUT2D eigenvalue weighted by Gasteiger charge is -2.31. The van der Waals surface area contributed by atoms with Gasteiger partial charge in [0.15, 0.2) is 11.8 Å². The predicted octanol–water partition coefficient (Wildman–Crippen LogP) is -0.717. The maximum absolute atomic E-state index is 10.4. The Hall–Kier alpha value is -1.14. The zero-order valence-corrected chi connectivity index (χ0v) is 9.05. The summed E-state index contributed by atoms with van der Waals surface area (Å²) in [5.41, 5.74) is -0.721. The van der Waals surface area contributed by atoms with Crippen LogP contribution in [0.4, 0.5) is 0 Å². The van der Waals surface area contributed by atoms with Gasteiger partial charge in [0.05, 0.1) is 6.61 Å². The molecule has 2 aliphatic heterocycles. The first-order valence-electron chi connectivity index (χ1n) is 5.26. The fourth-order valence-corrected chi connectivity index (χ4v) is 2.65. The fraction of sp³-hybridized carbons (Fsp3) is 0.800. The van der Waals surface area contributed by atoms with Gasteiger partial charge < -0.3 is 14.2 Å². The van der Waals surface area contributed by atoms with Gasteiger partial charge in [-0.1, -0.05) is 6.92 Å². The van der Waals surface area contributed by atoms with Gasteiger partial charge in [0.1, 0.15) is 6.61 Å². The number of carbonyl (C=O) groups excluding carboxylic acids is 2. The molecule has 0 spiro atoms. The molecular weight excluding hydrogens is 214 g/mol. The fourth-order valence-electron chi connectivity index (χ4n) is 2.65. The summed E-state index contributed by atoms with van der Waals surface area (Å²) in [6.07, 6.45) is -0.542. The molecule has 2 heterocycles. The van der Waals surface area contributed by atoms with E-state index < -0.39 is 11.8 Å². The maximum atomic E-state index is 10.4. The van der Waals surface area contributed by atoms with Crippen LogP contribution in [0.3, 0.4) is 0 Å². The lowest BCUT2D eigenvalue weighted by molar-refractivity contribution is -0.167. The molecule has 2 fully saturated rings. The molecule has 0 aliphatic carbocycles. The van der Waals surface area contributed by atoms with Gasteiger partial charge in [0, 0.05) is 12.5 Å². The maximum Gasteiger partial charge on any atom is 0.294 e. The van der Waals surface area contributed by atoms with Crippen molar-refractivity contribution in [2.24, 2.45) is 11.8 Å². The van der Waals surface area contributed by atoms with E-state index in [0.717, 1.165) is 0 Å². The van der Waals surface area contributed by atoms with Crippen LogP contribution in [0, 0.1) is 11.8 Å². The van der Waals surface area contributed by atoms with Gasteiger partial charge in [-0.2, -0.15) is 0 Å². The molecule has 90 valence electrons. The van der Waals surface area contributed by atoms with Crippen LogP contribution in [-0.2, 0) is 23.8 Å². The van der Waals surface area contributed by atoms with Gasteiger partial charge in [-0.05, 0) is 5.92 Å². The number of hydrogen-bond acceptors (Lipinski definition) is 6. The van der Waals surface area contributed by atoms with E-state index in [1.54, 1.807) is 0 Å².